The van der Waals surface area contributed by atoms with Crippen LogP contribution in [0, 0.1) is 5.92 Å². The SMILES string of the molecule is CCC(CCN)CCC(=O)NC(C)C(=O)N1CCCCC1. The van der Waals surface area contributed by atoms with Gasteiger partial charge in [0.1, 0.15) is 6.04 Å². The second-order valence-corrected chi connectivity index (χ2v) is 6.07. The molecule has 1 aliphatic rings. The highest BCUT2D eigenvalue weighted by Crippen LogP contribution is 2.14. The molecule has 1 fully saturated rings. The second-order valence-electron chi connectivity index (χ2n) is 6.07. The standard InChI is InChI=1S/C16H31N3O2/c1-3-14(9-10-17)7-8-15(20)18-13(2)16(21)19-11-5-4-6-12-19/h13-14H,3-12,17H2,1-2H3,(H,18,20). The molecular formula is C16H31N3O2. The van der Waals surface area contributed by atoms with Gasteiger partial charge >= 0.3 is 0 Å². The van der Waals surface area contributed by atoms with Crippen LogP contribution in [0.1, 0.15) is 58.8 Å². The molecule has 0 bridgehead atoms. The van der Waals surface area contributed by atoms with E-state index in [-0.39, 0.29) is 11.8 Å². The van der Waals surface area contributed by atoms with E-state index in [1.807, 2.05) is 4.90 Å². The number of nitrogens with one attached hydrogen (secondary N) is 1. The van der Waals surface area contributed by atoms with Crippen LogP contribution in [0.15, 0.2) is 0 Å². The van der Waals surface area contributed by atoms with E-state index in [1.165, 1.54) is 6.42 Å². The summed E-state index contributed by atoms with van der Waals surface area (Å²) in [5, 5.41) is 2.84. The lowest BCUT2D eigenvalue weighted by molar-refractivity contribution is -0.136. The number of piperidine rings is 1. The number of amides is 2. The number of hydrogen-bond donors (Lipinski definition) is 2. The van der Waals surface area contributed by atoms with Gasteiger partial charge in [0.15, 0.2) is 0 Å². The van der Waals surface area contributed by atoms with Crippen molar-refractivity contribution in [2.24, 2.45) is 11.7 Å². The third-order valence-corrected chi connectivity index (χ3v) is 4.35. The summed E-state index contributed by atoms with van der Waals surface area (Å²) in [6, 6.07) is -0.412. The van der Waals surface area contributed by atoms with Crippen molar-refractivity contribution in [1.82, 2.24) is 10.2 Å². The van der Waals surface area contributed by atoms with Gasteiger partial charge in [-0.05, 0) is 51.5 Å². The first-order valence-electron chi connectivity index (χ1n) is 8.36. The van der Waals surface area contributed by atoms with Crippen molar-refractivity contribution in [2.75, 3.05) is 19.6 Å². The van der Waals surface area contributed by atoms with Gasteiger partial charge in [0.25, 0.3) is 0 Å². The van der Waals surface area contributed by atoms with E-state index in [4.69, 9.17) is 5.73 Å². The van der Waals surface area contributed by atoms with E-state index in [0.717, 1.165) is 45.2 Å². The summed E-state index contributed by atoms with van der Waals surface area (Å²) in [4.78, 5) is 26.1. The zero-order chi connectivity index (χ0) is 15.7. The van der Waals surface area contributed by atoms with E-state index in [0.29, 0.717) is 18.9 Å². The zero-order valence-electron chi connectivity index (χ0n) is 13.6. The summed E-state index contributed by atoms with van der Waals surface area (Å²) < 4.78 is 0. The van der Waals surface area contributed by atoms with Crippen LogP contribution >= 0.6 is 0 Å². The summed E-state index contributed by atoms with van der Waals surface area (Å²) in [5.74, 6) is 0.536. The first kappa shape index (κ1) is 18.0. The Morgan fingerprint density at radius 2 is 1.86 bits per heavy atom. The van der Waals surface area contributed by atoms with Gasteiger partial charge in [0.2, 0.25) is 11.8 Å². The molecule has 2 unspecified atom stereocenters. The fraction of sp³-hybridized carbons (Fsp3) is 0.875. The van der Waals surface area contributed by atoms with Crippen molar-refractivity contribution in [2.45, 2.75) is 64.8 Å². The normalized spacial score (nSPS) is 18.1. The third-order valence-electron chi connectivity index (χ3n) is 4.35. The molecule has 0 saturated carbocycles. The number of likely N-dealkylation sites (tertiary alicyclic amines) is 1. The minimum absolute atomic E-state index is 0.0247. The van der Waals surface area contributed by atoms with E-state index < -0.39 is 6.04 Å². The van der Waals surface area contributed by atoms with Crippen molar-refractivity contribution < 1.29 is 9.59 Å². The van der Waals surface area contributed by atoms with Crippen LogP contribution in [0.25, 0.3) is 0 Å². The van der Waals surface area contributed by atoms with E-state index in [9.17, 15) is 9.59 Å². The highest BCUT2D eigenvalue weighted by molar-refractivity contribution is 5.87. The monoisotopic (exact) mass is 297 g/mol. The first-order valence-corrected chi connectivity index (χ1v) is 8.36. The molecule has 1 aliphatic heterocycles. The molecule has 2 atom stereocenters. The van der Waals surface area contributed by atoms with Gasteiger partial charge in [0, 0.05) is 19.5 Å². The Bertz CT molecular complexity index is 327. The average molecular weight is 297 g/mol. The number of nitrogens with two attached hydrogens (primary N) is 1. The molecule has 0 aromatic rings. The van der Waals surface area contributed by atoms with Crippen LogP contribution < -0.4 is 11.1 Å². The number of rotatable bonds is 8. The molecule has 1 heterocycles. The molecule has 122 valence electrons. The Kier molecular flexibility index (Phi) is 8.35. The van der Waals surface area contributed by atoms with Crippen LogP contribution in [0.4, 0.5) is 0 Å². The smallest absolute Gasteiger partial charge is 0.244 e. The second kappa shape index (κ2) is 9.77. The van der Waals surface area contributed by atoms with Crippen LogP contribution in [-0.4, -0.2) is 42.4 Å². The molecular weight excluding hydrogens is 266 g/mol. The topological polar surface area (TPSA) is 75.4 Å². The highest BCUT2D eigenvalue weighted by atomic mass is 16.2. The third kappa shape index (κ3) is 6.46. The summed E-state index contributed by atoms with van der Waals surface area (Å²) in [6.45, 7) is 6.23. The van der Waals surface area contributed by atoms with Crippen molar-refractivity contribution >= 4 is 11.8 Å². The molecule has 1 rings (SSSR count). The summed E-state index contributed by atoms with van der Waals surface area (Å²) in [5.41, 5.74) is 5.56. The van der Waals surface area contributed by atoms with Crippen LogP contribution in [0.5, 0.6) is 0 Å². The van der Waals surface area contributed by atoms with Gasteiger partial charge in [-0.3, -0.25) is 9.59 Å². The summed E-state index contributed by atoms with van der Waals surface area (Å²) in [6.07, 6.45) is 6.69. The fourth-order valence-corrected chi connectivity index (χ4v) is 2.89. The van der Waals surface area contributed by atoms with Crippen LogP contribution in [0.3, 0.4) is 0 Å². The number of carbonyl (C=O) groups excluding carboxylic acids is 2. The molecule has 1 saturated heterocycles. The maximum Gasteiger partial charge on any atom is 0.244 e. The molecule has 0 spiro atoms. The lowest BCUT2D eigenvalue weighted by Gasteiger charge is -2.29. The molecule has 21 heavy (non-hydrogen) atoms. The lowest BCUT2D eigenvalue weighted by Crippen LogP contribution is -2.48. The van der Waals surface area contributed by atoms with E-state index in [2.05, 4.69) is 12.2 Å². The summed E-state index contributed by atoms with van der Waals surface area (Å²) >= 11 is 0. The Hall–Kier alpha value is -1.10. The predicted molar refractivity (Wildman–Crippen MR) is 84.7 cm³/mol. The Labute approximate surface area is 128 Å². The number of hydrogen-bond acceptors (Lipinski definition) is 3. The minimum Gasteiger partial charge on any atom is -0.345 e. The largest absolute Gasteiger partial charge is 0.345 e. The average Bonchev–Trinajstić information content (AvgIpc) is 2.51. The zero-order valence-corrected chi connectivity index (χ0v) is 13.6. The predicted octanol–water partition coefficient (Wildman–Crippen LogP) is 1.66. The van der Waals surface area contributed by atoms with Gasteiger partial charge < -0.3 is 16.0 Å². The van der Waals surface area contributed by atoms with Crippen LogP contribution in [0.2, 0.25) is 0 Å². The highest BCUT2D eigenvalue weighted by Gasteiger charge is 2.23. The van der Waals surface area contributed by atoms with E-state index >= 15 is 0 Å². The van der Waals surface area contributed by atoms with Gasteiger partial charge in [0.05, 0.1) is 0 Å². The van der Waals surface area contributed by atoms with Crippen LogP contribution in [-0.2, 0) is 9.59 Å². The van der Waals surface area contributed by atoms with Crippen molar-refractivity contribution in [3.63, 3.8) is 0 Å². The van der Waals surface area contributed by atoms with Gasteiger partial charge in [-0.15, -0.1) is 0 Å². The number of carbonyl (C=O) groups is 2. The minimum atomic E-state index is -0.412. The first-order chi connectivity index (χ1) is 10.1. The molecule has 5 heteroatoms. The van der Waals surface area contributed by atoms with Gasteiger partial charge in [-0.1, -0.05) is 13.3 Å². The maximum atomic E-state index is 12.2. The molecule has 3 N–H and O–H groups in total. The Morgan fingerprint density at radius 1 is 1.19 bits per heavy atom. The molecule has 5 nitrogen and oxygen atoms in total. The lowest BCUT2D eigenvalue weighted by atomic mass is 9.96. The molecule has 0 aromatic carbocycles. The fourth-order valence-electron chi connectivity index (χ4n) is 2.89. The van der Waals surface area contributed by atoms with Gasteiger partial charge in [-0.2, -0.15) is 0 Å². The van der Waals surface area contributed by atoms with E-state index in [1.54, 1.807) is 6.92 Å². The van der Waals surface area contributed by atoms with Crippen molar-refractivity contribution in [3.8, 4) is 0 Å². The molecule has 0 aromatic heterocycles. The van der Waals surface area contributed by atoms with Gasteiger partial charge in [-0.25, -0.2) is 0 Å². The number of nitrogens with zero attached hydrogens (tertiary/aromatic N) is 1. The molecule has 0 aliphatic carbocycles. The van der Waals surface area contributed by atoms with Crippen molar-refractivity contribution in [3.05, 3.63) is 0 Å². The van der Waals surface area contributed by atoms with Crippen molar-refractivity contribution in [1.29, 1.82) is 0 Å². The Balaban J connectivity index is 2.30. The quantitative estimate of drug-likeness (QED) is 0.715. The molecule has 2 amide bonds. The maximum absolute atomic E-state index is 12.2. The summed E-state index contributed by atoms with van der Waals surface area (Å²) in [7, 11) is 0. The molecule has 0 radical (unpaired) electrons. The Morgan fingerprint density at radius 3 is 2.43 bits per heavy atom.